The third-order valence-corrected chi connectivity index (χ3v) is 3.14. The second kappa shape index (κ2) is 9.83. The van der Waals surface area contributed by atoms with E-state index in [0.717, 1.165) is 6.08 Å². The molecule has 0 fully saturated rings. The lowest BCUT2D eigenvalue weighted by Gasteiger charge is -2.18. The van der Waals surface area contributed by atoms with E-state index in [1.165, 1.54) is 0 Å². The highest BCUT2D eigenvalue weighted by Crippen LogP contribution is 2.51. The highest BCUT2D eigenvalue weighted by Gasteiger charge is 2.29. The lowest BCUT2D eigenvalue weighted by atomic mass is 10.6. The molecule has 0 saturated heterocycles. The van der Waals surface area contributed by atoms with Crippen LogP contribution in [0.3, 0.4) is 0 Å². The van der Waals surface area contributed by atoms with Gasteiger partial charge in [-0.15, -0.1) is 0 Å². The molecule has 0 atom stereocenters. The molecule has 19 heavy (non-hydrogen) atoms. The van der Waals surface area contributed by atoms with Crippen LogP contribution in [0.1, 0.15) is 27.7 Å². The molecule has 0 aromatic heterocycles. The van der Waals surface area contributed by atoms with Crippen LogP contribution in [0.5, 0.6) is 0 Å². The first kappa shape index (κ1) is 18.0. The smallest absolute Gasteiger partial charge is 0.465 e. The zero-order valence-corrected chi connectivity index (χ0v) is 12.6. The van der Waals surface area contributed by atoms with Crippen molar-refractivity contribution in [3.05, 3.63) is 12.0 Å². The number of phosphoric acid groups is 1. The van der Waals surface area contributed by atoms with Gasteiger partial charge < -0.3 is 14.0 Å². The predicted octanol–water partition coefficient (Wildman–Crippen LogP) is 2.63. The van der Waals surface area contributed by atoms with Crippen molar-refractivity contribution in [2.45, 2.75) is 27.7 Å². The first-order chi connectivity index (χ1) is 9.01. The molecule has 0 rings (SSSR count). The van der Waals surface area contributed by atoms with Gasteiger partial charge in [0.15, 0.2) is 0 Å². The van der Waals surface area contributed by atoms with Gasteiger partial charge in [-0.2, -0.15) is 0 Å². The number of hydrogen-bond acceptors (Lipinski definition) is 7. The van der Waals surface area contributed by atoms with E-state index in [-0.39, 0.29) is 32.4 Å². The quantitative estimate of drug-likeness (QED) is 0.265. The third-order valence-electron chi connectivity index (χ3n) is 1.59. The molecule has 0 amide bonds. The Labute approximate surface area is 113 Å². The van der Waals surface area contributed by atoms with E-state index in [9.17, 15) is 9.36 Å². The summed E-state index contributed by atoms with van der Waals surface area (Å²) in [6, 6.07) is 0. The number of phosphoric ester groups is 1. The zero-order chi connectivity index (χ0) is 14.7. The van der Waals surface area contributed by atoms with E-state index in [4.69, 9.17) is 23.0 Å². The summed E-state index contributed by atoms with van der Waals surface area (Å²) in [6.45, 7) is 7.35. The summed E-state index contributed by atoms with van der Waals surface area (Å²) in [5.74, 6) is -0.920. The Bertz CT molecular complexity index is 330. The molecule has 0 aliphatic rings. The summed E-state index contributed by atoms with van der Waals surface area (Å²) in [5.41, 5.74) is 0. The van der Waals surface area contributed by atoms with Gasteiger partial charge in [0, 0.05) is 0 Å². The minimum Gasteiger partial charge on any atom is -0.465 e. The predicted molar refractivity (Wildman–Crippen MR) is 68.3 cm³/mol. The fourth-order valence-corrected chi connectivity index (χ4v) is 2.17. The highest BCUT2D eigenvalue weighted by atomic mass is 31.2. The summed E-state index contributed by atoms with van der Waals surface area (Å²) < 4.78 is 36.7. The van der Waals surface area contributed by atoms with Gasteiger partial charge in [-0.1, -0.05) is 0 Å². The second-order valence-electron chi connectivity index (χ2n) is 3.02. The number of hydrogen-bond donors (Lipinski definition) is 0. The van der Waals surface area contributed by atoms with Crippen molar-refractivity contribution in [3.63, 3.8) is 0 Å². The van der Waals surface area contributed by atoms with Gasteiger partial charge in [0.25, 0.3) is 5.95 Å². The molecule has 7 nitrogen and oxygen atoms in total. The van der Waals surface area contributed by atoms with Gasteiger partial charge in [-0.25, -0.2) is 9.36 Å². The van der Waals surface area contributed by atoms with Gasteiger partial charge in [-0.05, 0) is 27.7 Å². The van der Waals surface area contributed by atoms with E-state index >= 15 is 0 Å². The zero-order valence-electron chi connectivity index (χ0n) is 11.7. The topological polar surface area (TPSA) is 80.3 Å². The molecule has 0 aromatic rings. The molecule has 0 bridgehead atoms. The molecule has 0 radical (unpaired) electrons. The van der Waals surface area contributed by atoms with Gasteiger partial charge in [0.2, 0.25) is 0 Å². The Morgan fingerprint density at radius 3 is 1.89 bits per heavy atom. The van der Waals surface area contributed by atoms with E-state index in [0.29, 0.717) is 0 Å². The third kappa shape index (κ3) is 7.87. The van der Waals surface area contributed by atoms with Crippen molar-refractivity contribution in [1.29, 1.82) is 0 Å². The monoisotopic (exact) mass is 296 g/mol. The highest BCUT2D eigenvalue weighted by molar-refractivity contribution is 7.48. The number of ether oxygens (including phenoxy) is 2. The molecule has 0 spiro atoms. The molecular weight excluding hydrogens is 275 g/mol. The molecule has 0 saturated carbocycles. The molecule has 0 N–H and O–H groups in total. The van der Waals surface area contributed by atoms with E-state index in [1.54, 1.807) is 27.7 Å². The number of carbonyl (C=O) groups excluding carboxylic acids is 1. The standard InChI is InChI=1S/C11H21O7P/c1-5-14-10(12)9-11(15-6-2)18-19(13,16-7-3)17-8-4/h9H,5-8H2,1-4H3. The van der Waals surface area contributed by atoms with Crippen molar-refractivity contribution in [2.75, 3.05) is 26.4 Å². The number of esters is 1. The normalized spacial score (nSPS) is 12.1. The Balaban J connectivity index is 4.87. The van der Waals surface area contributed by atoms with E-state index in [1.807, 2.05) is 0 Å². The molecule has 0 aliphatic heterocycles. The maximum atomic E-state index is 12.1. The van der Waals surface area contributed by atoms with Crippen molar-refractivity contribution in [2.24, 2.45) is 0 Å². The molecule has 0 aliphatic carbocycles. The molecule has 112 valence electrons. The van der Waals surface area contributed by atoms with Gasteiger partial charge in [0.05, 0.1) is 26.4 Å². The number of rotatable bonds is 10. The average Bonchev–Trinajstić information content (AvgIpc) is 2.29. The fraction of sp³-hybridized carbons (Fsp3) is 0.727. The number of carbonyl (C=O) groups is 1. The van der Waals surface area contributed by atoms with E-state index < -0.39 is 13.8 Å². The van der Waals surface area contributed by atoms with E-state index in [2.05, 4.69) is 0 Å². The summed E-state index contributed by atoms with van der Waals surface area (Å²) in [4.78, 5) is 11.3. The maximum absolute atomic E-state index is 12.1. The van der Waals surface area contributed by atoms with Crippen LogP contribution in [0.2, 0.25) is 0 Å². The van der Waals surface area contributed by atoms with Crippen LogP contribution >= 0.6 is 7.82 Å². The maximum Gasteiger partial charge on any atom is 0.532 e. The first-order valence-electron chi connectivity index (χ1n) is 6.11. The molecule has 0 unspecified atom stereocenters. The largest absolute Gasteiger partial charge is 0.532 e. The first-order valence-corrected chi connectivity index (χ1v) is 7.57. The van der Waals surface area contributed by atoms with Crippen molar-refractivity contribution >= 4 is 13.8 Å². The summed E-state index contributed by atoms with van der Waals surface area (Å²) in [7, 11) is -3.78. The molecular formula is C11H21O7P. The van der Waals surface area contributed by atoms with Gasteiger partial charge in [0.1, 0.15) is 6.08 Å². The summed E-state index contributed by atoms with van der Waals surface area (Å²) >= 11 is 0. The van der Waals surface area contributed by atoms with Gasteiger partial charge >= 0.3 is 13.8 Å². The Kier molecular flexibility index (Phi) is 9.30. The minimum absolute atomic E-state index is 0.135. The second-order valence-corrected chi connectivity index (χ2v) is 4.62. The van der Waals surface area contributed by atoms with Crippen molar-refractivity contribution in [3.8, 4) is 0 Å². The summed E-state index contributed by atoms with van der Waals surface area (Å²) in [6.07, 6.45) is 0.956. The average molecular weight is 296 g/mol. The van der Waals surface area contributed by atoms with Crippen molar-refractivity contribution in [1.82, 2.24) is 0 Å². The van der Waals surface area contributed by atoms with Crippen LogP contribution in [0.4, 0.5) is 0 Å². The van der Waals surface area contributed by atoms with Crippen molar-refractivity contribution < 1.29 is 32.4 Å². The summed E-state index contributed by atoms with van der Waals surface area (Å²) in [5, 5.41) is 0. The van der Waals surface area contributed by atoms with Gasteiger partial charge in [-0.3, -0.25) is 9.05 Å². The fourth-order valence-electron chi connectivity index (χ4n) is 1.03. The lowest BCUT2D eigenvalue weighted by molar-refractivity contribution is -0.137. The van der Waals surface area contributed by atoms with Crippen LogP contribution in [0, 0.1) is 0 Å². The Morgan fingerprint density at radius 1 is 0.947 bits per heavy atom. The molecule has 0 aromatic carbocycles. The van der Waals surface area contributed by atoms with Crippen LogP contribution in [0.25, 0.3) is 0 Å². The SMILES string of the molecule is CCOC(=O)C=C(OCC)OP(=O)(OCC)OCC. The molecule has 8 heteroatoms. The minimum atomic E-state index is -3.78. The Morgan fingerprint density at radius 2 is 1.47 bits per heavy atom. The van der Waals surface area contributed by atoms with Crippen LogP contribution < -0.4 is 0 Å². The van der Waals surface area contributed by atoms with Crippen LogP contribution in [-0.2, 0) is 32.4 Å². The molecule has 0 heterocycles. The van der Waals surface area contributed by atoms with Crippen LogP contribution in [-0.4, -0.2) is 32.4 Å². The lowest BCUT2D eigenvalue weighted by Crippen LogP contribution is -2.07. The Hall–Kier alpha value is -1.04. The van der Waals surface area contributed by atoms with Crippen LogP contribution in [0.15, 0.2) is 12.0 Å².